The third kappa shape index (κ3) is 5.89. The molecule has 31 heavy (non-hydrogen) atoms. The van der Waals surface area contributed by atoms with Crippen molar-refractivity contribution in [2.24, 2.45) is 7.05 Å². The van der Waals surface area contributed by atoms with Gasteiger partial charge >= 0.3 is 11.9 Å². The van der Waals surface area contributed by atoms with Gasteiger partial charge < -0.3 is 14.8 Å². The van der Waals surface area contributed by atoms with E-state index in [2.05, 4.69) is 15.1 Å². The lowest BCUT2D eigenvalue weighted by Gasteiger charge is -2.09. The molecule has 1 saturated carbocycles. The third-order valence-electron chi connectivity index (χ3n) is 4.33. The van der Waals surface area contributed by atoms with Crippen molar-refractivity contribution in [1.82, 2.24) is 14.5 Å². The first-order valence-corrected chi connectivity index (χ1v) is 11.8. The van der Waals surface area contributed by atoms with Crippen molar-refractivity contribution in [3.63, 3.8) is 0 Å². The first-order chi connectivity index (χ1) is 14.7. The van der Waals surface area contributed by atoms with Crippen LogP contribution in [0.5, 0.6) is 0 Å². The second-order valence-corrected chi connectivity index (χ2v) is 9.42. The Balaban J connectivity index is 1.52. The zero-order valence-electron chi connectivity index (χ0n) is 16.9. The third-order valence-corrected chi connectivity index (χ3v) is 6.60. The molecule has 0 unspecified atom stereocenters. The number of aryl methyl sites for hydroxylation is 1. The number of hydrogen-bond acceptors (Lipinski definition) is 9. The molecular formula is C18H22N4O7S2. The Bertz CT molecular complexity index is 1090. The Morgan fingerprint density at radius 1 is 1.29 bits per heavy atom. The van der Waals surface area contributed by atoms with Crippen LogP contribution in [0.15, 0.2) is 22.7 Å². The standard InChI is InChI=1S/C18H22N4O7S2/c1-3-28-18(25)16-13(11-4-5-11)10-30-17(16)21-14(23)9-29-15(24)7-20-31(26,27)12-6-19-22(2)8-12/h6,8,10-11,20H,3-5,7,9H2,1-2H3,(H,21,23). The van der Waals surface area contributed by atoms with E-state index in [1.54, 1.807) is 14.0 Å². The minimum atomic E-state index is -3.93. The summed E-state index contributed by atoms with van der Waals surface area (Å²) in [5.74, 6) is -1.81. The molecule has 0 bridgehead atoms. The van der Waals surface area contributed by atoms with Gasteiger partial charge in [-0.15, -0.1) is 11.3 Å². The lowest BCUT2D eigenvalue weighted by molar-refractivity contribution is -0.146. The molecule has 1 fully saturated rings. The number of rotatable bonds is 10. The Morgan fingerprint density at radius 3 is 2.65 bits per heavy atom. The molecule has 168 valence electrons. The van der Waals surface area contributed by atoms with E-state index in [4.69, 9.17) is 9.47 Å². The number of nitrogens with one attached hydrogen (secondary N) is 2. The summed E-state index contributed by atoms with van der Waals surface area (Å²) in [5.41, 5.74) is 1.18. The van der Waals surface area contributed by atoms with Crippen molar-refractivity contribution >= 4 is 44.2 Å². The van der Waals surface area contributed by atoms with Gasteiger partial charge in [-0.2, -0.15) is 9.82 Å². The van der Waals surface area contributed by atoms with Crippen molar-refractivity contribution in [2.75, 3.05) is 25.1 Å². The van der Waals surface area contributed by atoms with Crippen LogP contribution in [0.1, 0.15) is 41.6 Å². The van der Waals surface area contributed by atoms with Gasteiger partial charge in [0.2, 0.25) is 10.0 Å². The topological polar surface area (TPSA) is 146 Å². The van der Waals surface area contributed by atoms with Crippen LogP contribution in [-0.2, 0) is 36.1 Å². The van der Waals surface area contributed by atoms with Gasteiger partial charge in [0.05, 0.1) is 18.4 Å². The minimum absolute atomic E-state index is 0.101. The number of thiophene rings is 1. The number of esters is 2. The summed E-state index contributed by atoms with van der Waals surface area (Å²) in [6.07, 6.45) is 4.37. The summed E-state index contributed by atoms with van der Waals surface area (Å²) in [6, 6.07) is 0. The quantitative estimate of drug-likeness (QED) is 0.489. The van der Waals surface area contributed by atoms with Crippen molar-refractivity contribution in [3.05, 3.63) is 28.9 Å². The van der Waals surface area contributed by atoms with E-state index in [9.17, 15) is 22.8 Å². The maximum Gasteiger partial charge on any atom is 0.341 e. The van der Waals surface area contributed by atoms with Gasteiger partial charge in [-0.3, -0.25) is 14.3 Å². The Morgan fingerprint density at radius 2 is 2.03 bits per heavy atom. The monoisotopic (exact) mass is 470 g/mol. The van der Waals surface area contributed by atoms with Crippen LogP contribution in [0.2, 0.25) is 0 Å². The number of carbonyl (C=O) groups excluding carboxylic acids is 3. The minimum Gasteiger partial charge on any atom is -0.462 e. The average Bonchev–Trinajstić information content (AvgIpc) is 3.33. The highest BCUT2D eigenvalue weighted by Gasteiger charge is 2.32. The SMILES string of the molecule is CCOC(=O)c1c(C2CC2)csc1NC(=O)COC(=O)CNS(=O)(=O)c1cnn(C)c1. The summed E-state index contributed by atoms with van der Waals surface area (Å²) >= 11 is 1.20. The fraction of sp³-hybridized carbons (Fsp3) is 0.444. The van der Waals surface area contributed by atoms with Gasteiger partial charge in [-0.25, -0.2) is 13.2 Å². The zero-order valence-corrected chi connectivity index (χ0v) is 18.5. The molecule has 0 radical (unpaired) electrons. The first-order valence-electron chi connectivity index (χ1n) is 9.43. The van der Waals surface area contributed by atoms with Crippen molar-refractivity contribution in [3.8, 4) is 0 Å². The van der Waals surface area contributed by atoms with E-state index in [-0.39, 0.29) is 17.4 Å². The van der Waals surface area contributed by atoms with E-state index in [0.717, 1.165) is 24.6 Å². The number of anilines is 1. The Kier molecular flexibility index (Phi) is 7.08. The number of nitrogens with zero attached hydrogens (tertiary/aromatic N) is 2. The van der Waals surface area contributed by atoms with Crippen LogP contribution < -0.4 is 10.0 Å². The summed E-state index contributed by atoms with van der Waals surface area (Å²) in [4.78, 5) is 36.2. The molecule has 2 heterocycles. The van der Waals surface area contributed by atoms with Crippen molar-refractivity contribution < 1.29 is 32.3 Å². The first kappa shape index (κ1) is 22.9. The predicted octanol–water partition coefficient (Wildman–Crippen LogP) is 0.996. The van der Waals surface area contributed by atoms with Crippen molar-refractivity contribution in [1.29, 1.82) is 0 Å². The number of carbonyl (C=O) groups is 3. The fourth-order valence-electron chi connectivity index (χ4n) is 2.71. The molecule has 0 spiro atoms. The zero-order chi connectivity index (χ0) is 22.6. The molecule has 0 saturated heterocycles. The maximum absolute atomic E-state index is 12.3. The number of sulfonamides is 1. The van der Waals surface area contributed by atoms with E-state index < -0.39 is 41.0 Å². The van der Waals surface area contributed by atoms with Crippen LogP contribution in [0, 0.1) is 0 Å². The molecule has 3 rings (SSSR count). The molecule has 1 aliphatic rings. The van der Waals surface area contributed by atoms with Crippen molar-refractivity contribution in [2.45, 2.75) is 30.6 Å². The van der Waals surface area contributed by atoms with Gasteiger partial charge in [-0.1, -0.05) is 0 Å². The van der Waals surface area contributed by atoms with Gasteiger partial charge in [0.25, 0.3) is 5.91 Å². The normalized spacial score (nSPS) is 13.6. The number of aromatic nitrogens is 2. The summed E-state index contributed by atoms with van der Waals surface area (Å²) in [7, 11) is -2.37. The summed E-state index contributed by atoms with van der Waals surface area (Å²) in [6.45, 7) is 0.621. The van der Waals surface area contributed by atoms with Crippen LogP contribution in [0.4, 0.5) is 5.00 Å². The van der Waals surface area contributed by atoms with Gasteiger partial charge in [-0.05, 0) is 36.6 Å². The molecule has 0 aliphatic heterocycles. The molecule has 11 nitrogen and oxygen atoms in total. The van der Waals surface area contributed by atoms with Gasteiger partial charge in [0.1, 0.15) is 16.4 Å². The molecule has 13 heteroatoms. The Labute approximate surface area is 182 Å². The lowest BCUT2D eigenvalue weighted by Crippen LogP contribution is -2.32. The van der Waals surface area contributed by atoms with E-state index in [1.165, 1.54) is 22.2 Å². The van der Waals surface area contributed by atoms with E-state index in [1.807, 2.05) is 5.38 Å². The van der Waals surface area contributed by atoms with E-state index in [0.29, 0.717) is 10.6 Å². The molecule has 1 aliphatic carbocycles. The van der Waals surface area contributed by atoms with Crippen LogP contribution in [-0.4, -0.2) is 55.8 Å². The molecule has 0 atom stereocenters. The molecule has 2 aromatic rings. The second-order valence-electron chi connectivity index (χ2n) is 6.77. The highest BCUT2D eigenvalue weighted by molar-refractivity contribution is 7.89. The highest BCUT2D eigenvalue weighted by atomic mass is 32.2. The summed E-state index contributed by atoms with van der Waals surface area (Å²) in [5, 5.41) is 8.46. The molecule has 1 amide bonds. The maximum atomic E-state index is 12.3. The summed E-state index contributed by atoms with van der Waals surface area (Å²) < 4.78 is 37.4. The molecule has 2 N–H and O–H groups in total. The number of amides is 1. The molecule has 0 aromatic carbocycles. The largest absolute Gasteiger partial charge is 0.462 e. The average molecular weight is 471 g/mol. The van der Waals surface area contributed by atoms with Crippen LogP contribution in [0.25, 0.3) is 0 Å². The highest BCUT2D eigenvalue weighted by Crippen LogP contribution is 2.46. The fourth-order valence-corrected chi connectivity index (χ4v) is 4.71. The van der Waals surface area contributed by atoms with E-state index >= 15 is 0 Å². The van der Waals surface area contributed by atoms with Crippen LogP contribution in [0.3, 0.4) is 0 Å². The van der Waals surface area contributed by atoms with Crippen LogP contribution >= 0.6 is 11.3 Å². The van der Waals surface area contributed by atoms with Gasteiger partial charge in [0, 0.05) is 13.2 Å². The smallest absolute Gasteiger partial charge is 0.341 e. The second kappa shape index (κ2) is 9.58. The number of ether oxygens (including phenoxy) is 2. The Hall–Kier alpha value is -2.77. The van der Waals surface area contributed by atoms with Gasteiger partial charge in [0.15, 0.2) is 6.61 Å². The predicted molar refractivity (Wildman–Crippen MR) is 110 cm³/mol. The molecular weight excluding hydrogens is 448 g/mol. The molecule has 2 aromatic heterocycles. The number of hydrogen-bond donors (Lipinski definition) is 2. The lowest BCUT2D eigenvalue weighted by atomic mass is 10.1.